The molecule has 1 aliphatic heterocycles. The topological polar surface area (TPSA) is 56.9 Å². The molecule has 0 bridgehead atoms. The van der Waals surface area contributed by atoms with Crippen LogP contribution in [0.5, 0.6) is 0 Å². The molecule has 5 heteroatoms. The molecule has 0 aromatic carbocycles. The van der Waals surface area contributed by atoms with Gasteiger partial charge in [-0.2, -0.15) is 0 Å². The van der Waals surface area contributed by atoms with Crippen LogP contribution in [0.4, 0.5) is 0 Å². The quantitative estimate of drug-likeness (QED) is 0.652. The first kappa shape index (κ1) is 10.6. The van der Waals surface area contributed by atoms with Crippen LogP contribution in [0, 0.1) is 0 Å². The van der Waals surface area contributed by atoms with Crippen molar-refractivity contribution in [3.05, 3.63) is 31.9 Å². The summed E-state index contributed by atoms with van der Waals surface area (Å²) in [6.45, 7) is 5.84. The van der Waals surface area contributed by atoms with E-state index in [2.05, 4.69) is 22.5 Å². The third-order valence-electron chi connectivity index (χ3n) is 2.56. The van der Waals surface area contributed by atoms with Gasteiger partial charge < -0.3 is 15.6 Å². The lowest BCUT2D eigenvalue weighted by Gasteiger charge is -2.22. The Morgan fingerprint density at radius 1 is 1.60 bits per heavy atom. The number of H-pyrrole nitrogens is 1. The fourth-order valence-electron chi connectivity index (χ4n) is 1.46. The predicted octanol–water partition coefficient (Wildman–Crippen LogP) is 0.446. The fraction of sp³-hybridized carbons (Fsp3) is 0.500. The largest absolute Gasteiger partial charge is 0.315 e. The molecule has 1 aliphatic rings. The van der Waals surface area contributed by atoms with E-state index < -0.39 is 0 Å². The molecule has 1 saturated heterocycles. The number of hydrogen-bond acceptors (Lipinski definition) is 4. The molecule has 1 aromatic heterocycles. The van der Waals surface area contributed by atoms with Gasteiger partial charge in [0.25, 0.3) is 0 Å². The molecule has 0 unspecified atom stereocenters. The van der Waals surface area contributed by atoms with Gasteiger partial charge in [0.2, 0.25) is 0 Å². The summed E-state index contributed by atoms with van der Waals surface area (Å²) < 4.78 is 0. The van der Waals surface area contributed by atoms with Gasteiger partial charge >= 0.3 is 4.87 Å². The third-order valence-corrected chi connectivity index (χ3v) is 3.28. The van der Waals surface area contributed by atoms with Crippen LogP contribution in [0.2, 0.25) is 0 Å². The fourth-order valence-corrected chi connectivity index (χ4v) is 2.04. The second-order valence-corrected chi connectivity index (χ2v) is 4.61. The molecule has 82 valence electrons. The van der Waals surface area contributed by atoms with Gasteiger partial charge in [0.15, 0.2) is 0 Å². The zero-order valence-corrected chi connectivity index (χ0v) is 9.54. The Bertz CT molecular complexity index is 412. The van der Waals surface area contributed by atoms with Crippen molar-refractivity contribution in [3.63, 3.8) is 0 Å². The van der Waals surface area contributed by atoms with Gasteiger partial charge in [0, 0.05) is 37.3 Å². The highest BCUT2D eigenvalue weighted by Crippen LogP contribution is 2.07. The number of aromatic amines is 1. The molecule has 0 aliphatic carbocycles. The first-order chi connectivity index (χ1) is 7.25. The number of rotatable bonds is 4. The molecule has 0 spiro atoms. The Labute approximate surface area is 92.4 Å². The van der Waals surface area contributed by atoms with E-state index in [0.717, 1.165) is 31.9 Å². The van der Waals surface area contributed by atoms with Crippen molar-refractivity contribution >= 4 is 11.3 Å². The van der Waals surface area contributed by atoms with E-state index in [-0.39, 0.29) is 4.87 Å². The maximum Gasteiger partial charge on any atom is 0.304 e. The molecule has 4 nitrogen and oxygen atoms in total. The van der Waals surface area contributed by atoms with Gasteiger partial charge in [-0.15, -0.1) is 0 Å². The molecule has 2 rings (SSSR count). The van der Waals surface area contributed by atoms with Crippen LogP contribution >= 0.6 is 11.3 Å². The summed E-state index contributed by atoms with van der Waals surface area (Å²) in [5.74, 6) is 0. The summed E-state index contributed by atoms with van der Waals surface area (Å²) >= 11 is 1.21. The van der Waals surface area contributed by atoms with Gasteiger partial charge in [-0.25, -0.2) is 0 Å². The van der Waals surface area contributed by atoms with Crippen molar-refractivity contribution < 1.29 is 0 Å². The van der Waals surface area contributed by atoms with Crippen LogP contribution < -0.4 is 15.5 Å². The van der Waals surface area contributed by atoms with Gasteiger partial charge in [0.1, 0.15) is 0 Å². The van der Waals surface area contributed by atoms with Crippen LogP contribution in [0.3, 0.4) is 0 Å². The van der Waals surface area contributed by atoms with Crippen molar-refractivity contribution in [2.45, 2.75) is 13.5 Å². The summed E-state index contributed by atoms with van der Waals surface area (Å²) in [5.41, 5.74) is 3.88. The average molecular weight is 225 g/mol. The van der Waals surface area contributed by atoms with Crippen molar-refractivity contribution in [1.29, 1.82) is 0 Å². The molecule has 0 radical (unpaired) electrons. The van der Waals surface area contributed by atoms with Crippen molar-refractivity contribution in [3.8, 4) is 0 Å². The Balaban J connectivity index is 1.77. The highest BCUT2D eigenvalue weighted by Gasteiger charge is 2.09. The summed E-state index contributed by atoms with van der Waals surface area (Å²) in [6.07, 6.45) is 0. The minimum absolute atomic E-state index is 0.0186. The average Bonchev–Trinajstić information content (AvgIpc) is 2.48. The Hall–Kier alpha value is -0.910. The molecule has 0 atom stereocenters. The minimum atomic E-state index is 0.0186. The van der Waals surface area contributed by atoms with Gasteiger partial charge in [-0.3, -0.25) is 4.79 Å². The number of nitrogens with one attached hydrogen (secondary N) is 3. The Morgan fingerprint density at radius 3 is 2.93 bits per heavy atom. The van der Waals surface area contributed by atoms with Gasteiger partial charge in [0.05, 0.1) is 0 Å². The standard InChI is InChI=1S/C10H15N3OS/c1-7(8-3-12-4-8)2-11-5-9-6-15-10(14)13-9/h6,11-12H,2-5H2,1H3,(H,13,14). The molecule has 0 saturated carbocycles. The van der Waals surface area contributed by atoms with E-state index in [0.29, 0.717) is 0 Å². The van der Waals surface area contributed by atoms with Crippen molar-refractivity contribution in [1.82, 2.24) is 15.6 Å². The number of hydrogen-bond donors (Lipinski definition) is 3. The zero-order chi connectivity index (χ0) is 10.7. The van der Waals surface area contributed by atoms with Crippen LogP contribution in [0.1, 0.15) is 12.6 Å². The summed E-state index contributed by atoms with van der Waals surface area (Å²) in [6, 6.07) is 0. The van der Waals surface area contributed by atoms with E-state index in [1.54, 1.807) is 0 Å². The van der Waals surface area contributed by atoms with E-state index >= 15 is 0 Å². The summed E-state index contributed by atoms with van der Waals surface area (Å²) in [4.78, 5) is 13.7. The molecule has 15 heavy (non-hydrogen) atoms. The van der Waals surface area contributed by atoms with Crippen molar-refractivity contribution in [2.75, 3.05) is 19.6 Å². The molecule has 0 amide bonds. The maximum atomic E-state index is 10.9. The maximum absolute atomic E-state index is 10.9. The Kier molecular flexibility index (Phi) is 3.35. The number of thiazole rings is 1. The molecule has 3 N–H and O–H groups in total. The summed E-state index contributed by atoms with van der Waals surface area (Å²) in [7, 11) is 0. The summed E-state index contributed by atoms with van der Waals surface area (Å²) in [5, 5.41) is 8.40. The van der Waals surface area contributed by atoms with Gasteiger partial charge in [-0.1, -0.05) is 16.9 Å². The number of aromatic nitrogens is 1. The minimum Gasteiger partial charge on any atom is -0.315 e. The lowest BCUT2D eigenvalue weighted by molar-refractivity contribution is 0.638. The lowest BCUT2D eigenvalue weighted by Crippen LogP contribution is -2.36. The van der Waals surface area contributed by atoms with E-state index in [1.807, 2.05) is 5.38 Å². The molecule has 1 aromatic rings. The third kappa shape index (κ3) is 2.77. The smallest absolute Gasteiger partial charge is 0.304 e. The monoisotopic (exact) mass is 225 g/mol. The van der Waals surface area contributed by atoms with Gasteiger partial charge in [-0.05, 0) is 12.5 Å². The second kappa shape index (κ2) is 4.74. The van der Waals surface area contributed by atoms with Crippen LogP contribution in [0.25, 0.3) is 0 Å². The molecule has 2 heterocycles. The second-order valence-electron chi connectivity index (χ2n) is 3.76. The normalized spacial score (nSPS) is 15.1. The SMILES string of the molecule is CC(CNCc1csc(=O)[nH]1)=C1CNC1. The highest BCUT2D eigenvalue weighted by molar-refractivity contribution is 7.07. The Morgan fingerprint density at radius 2 is 2.40 bits per heavy atom. The van der Waals surface area contributed by atoms with E-state index in [9.17, 15) is 4.79 Å². The van der Waals surface area contributed by atoms with E-state index in [4.69, 9.17) is 0 Å². The predicted molar refractivity (Wildman–Crippen MR) is 62.2 cm³/mol. The van der Waals surface area contributed by atoms with Crippen molar-refractivity contribution in [2.24, 2.45) is 0 Å². The molecule has 1 fully saturated rings. The van der Waals surface area contributed by atoms with Crippen LogP contribution in [0.15, 0.2) is 21.3 Å². The molecular formula is C10H15N3OS. The van der Waals surface area contributed by atoms with E-state index in [1.165, 1.54) is 22.5 Å². The first-order valence-electron chi connectivity index (χ1n) is 5.01. The van der Waals surface area contributed by atoms with Crippen LogP contribution in [-0.2, 0) is 6.54 Å². The lowest BCUT2D eigenvalue weighted by atomic mass is 10.0. The highest BCUT2D eigenvalue weighted by atomic mass is 32.1. The molecular weight excluding hydrogens is 210 g/mol. The zero-order valence-electron chi connectivity index (χ0n) is 8.72. The first-order valence-corrected chi connectivity index (χ1v) is 5.89. The van der Waals surface area contributed by atoms with Crippen LogP contribution in [-0.4, -0.2) is 24.6 Å².